The van der Waals surface area contributed by atoms with Gasteiger partial charge in [0, 0.05) is 19.4 Å². The molecule has 11 nitrogen and oxygen atoms in total. The van der Waals surface area contributed by atoms with E-state index in [9.17, 15) is 28.2 Å². The van der Waals surface area contributed by atoms with Crippen molar-refractivity contribution >= 4 is 38.3 Å². The molecule has 0 spiro atoms. The Kier molecular flexibility index (Phi) is 9.09. The first-order chi connectivity index (χ1) is 19.7. The fourth-order valence-corrected chi connectivity index (χ4v) is 11.0. The standard InChI is InChI=1S/C29H47N5O6S2/c1-16(4-7-23(37)31-13-10-24(38)32-26-33-34-27(41-26)42(30,39)40)19-5-6-20-25-21(9-12-29(19,20)3)28(2)11-8-18(35)14-17(28)15-22(25)36/h16-22,25,35-36H,4-15H2,1-3H3,(H,31,37)(H2,30,39,40)(H,32,33,38)/t16-,17+,18-,19-,20+,21+,22-,25+,28+,29-/m1/s1. The number of aliphatic hydroxyl groups is 2. The average Bonchev–Trinajstić information content (AvgIpc) is 3.52. The van der Waals surface area contributed by atoms with Crippen molar-refractivity contribution in [3.05, 3.63) is 0 Å². The second kappa shape index (κ2) is 12.0. The first-order valence-electron chi connectivity index (χ1n) is 15.5. The maximum atomic E-state index is 12.6. The van der Waals surface area contributed by atoms with E-state index in [1.54, 1.807) is 0 Å². The molecule has 236 valence electrons. The average molecular weight is 626 g/mol. The lowest BCUT2D eigenvalue weighted by Crippen LogP contribution is -2.58. The molecular weight excluding hydrogens is 578 g/mol. The number of nitrogens with two attached hydrogens (primary N) is 1. The van der Waals surface area contributed by atoms with Crippen LogP contribution in [-0.2, 0) is 19.6 Å². The van der Waals surface area contributed by atoms with Crippen LogP contribution >= 0.6 is 11.3 Å². The quantitative estimate of drug-likeness (QED) is 0.259. The molecule has 42 heavy (non-hydrogen) atoms. The molecule has 0 unspecified atom stereocenters. The van der Waals surface area contributed by atoms with Gasteiger partial charge >= 0.3 is 0 Å². The topological polar surface area (TPSA) is 185 Å². The molecule has 6 N–H and O–H groups in total. The Morgan fingerprint density at radius 1 is 1.02 bits per heavy atom. The lowest BCUT2D eigenvalue weighted by Gasteiger charge is -2.62. The van der Waals surface area contributed by atoms with Crippen LogP contribution in [0.25, 0.3) is 0 Å². The van der Waals surface area contributed by atoms with E-state index in [0.717, 1.165) is 51.4 Å². The van der Waals surface area contributed by atoms with Gasteiger partial charge < -0.3 is 20.8 Å². The molecule has 0 saturated heterocycles. The first-order valence-corrected chi connectivity index (χ1v) is 17.9. The van der Waals surface area contributed by atoms with Crippen LogP contribution < -0.4 is 15.8 Å². The zero-order valence-electron chi connectivity index (χ0n) is 24.9. The molecule has 13 heteroatoms. The van der Waals surface area contributed by atoms with Crippen LogP contribution in [0.1, 0.15) is 91.4 Å². The SMILES string of the molecule is C[C@H](CCC(=O)NCCC(=O)Nc1nnc(S(N)(=O)=O)s1)[C@H]1CC[C@H]2[C@@H]3[C@H](O)C[C@@H]4C[C@H](O)CC[C@]4(C)[C@H]3CC[C@]12C. The minimum absolute atomic E-state index is 0.0254. The predicted molar refractivity (Wildman–Crippen MR) is 159 cm³/mol. The highest BCUT2D eigenvalue weighted by Crippen LogP contribution is 2.68. The third kappa shape index (κ3) is 6.13. The Morgan fingerprint density at radius 3 is 2.45 bits per heavy atom. The van der Waals surface area contributed by atoms with Gasteiger partial charge in [0.15, 0.2) is 0 Å². The molecule has 1 heterocycles. The van der Waals surface area contributed by atoms with Gasteiger partial charge in [-0.05, 0) is 104 Å². The lowest BCUT2D eigenvalue weighted by molar-refractivity contribution is -0.174. The number of hydrogen-bond donors (Lipinski definition) is 5. The first kappa shape index (κ1) is 31.7. The molecule has 0 aromatic carbocycles. The summed E-state index contributed by atoms with van der Waals surface area (Å²) in [6, 6.07) is 0. The molecule has 2 amide bonds. The lowest BCUT2D eigenvalue weighted by atomic mass is 9.43. The normalized spacial score (nSPS) is 38.6. The largest absolute Gasteiger partial charge is 0.393 e. The van der Waals surface area contributed by atoms with Crippen molar-refractivity contribution in [2.24, 2.45) is 51.5 Å². The summed E-state index contributed by atoms with van der Waals surface area (Å²) < 4.78 is 22.2. The molecule has 10 atom stereocenters. The number of carbonyl (C=O) groups excluding carboxylic acids is 2. The van der Waals surface area contributed by atoms with E-state index in [0.29, 0.717) is 53.3 Å². The number of aliphatic hydroxyl groups excluding tert-OH is 2. The molecular formula is C29H47N5O6S2. The van der Waals surface area contributed by atoms with E-state index in [2.05, 4.69) is 41.6 Å². The minimum atomic E-state index is -3.97. The van der Waals surface area contributed by atoms with Gasteiger partial charge in [-0.3, -0.25) is 9.59 Å². The van der Waals surface area contributed by atoms with E-state index >= 15 is 0 Å². The number of nitrogens with one attached hydrogen (secondary N) is 2. The van der Waals surface area contributed by atoms with Crippen molar-refractivity contribution in [2.75, 3.05) is 11.9 Å². The van der Waals surface area contributed by atoms with E-state index in [4.69, 9.17) is 5.14 Å². The molecule has 4 saturated carbocycles. The van der Waals surface area contributed by atoms with Crippen molar-refractivity contribution in [3.63, 3.8) is 0 Å². The molecule has 1 aromatic rings. The second-order valence-electron chi connectivity index (χ2n) is 14.0. The minimum Gasteiger partial charge on any atom is -0.393 e. The van der Waals surface area contributed by atoms with Gasteiger partial charge in [-0.25, -0.2) is 13.6 Å². The Bertz CT molecular complexity index is 1270. The highest BCUT2D eigenvalue weighted by molar-refractivity contribution is 7.91. The van der Waals surface area contributed by atoms with Gasteiger partial charge in [-0.2, -0.15) is 0 Å². The highest BCUT2D eigenvalue weighted by Gasteiger charge is 2.62. The third-order valence-electron chi connectivity index (χ3n) is 11.8. The summed E-state index contributed by atoms with van der Waals surface area (Å²) >= 11 is 0.672. The number of fused-ring (bicyclic) bond motifs is 5. The van der Waals surface area contributed by atoms with E-state index in [-0.39, 0.29) is 51.4 Å². The van der Waals surface area contributed by atoms with Crippen LogP contribution in [0, 0.1) is 46.3 Å². The van der Waals surface area contributed by atoms with Crippen LogP contribution in [0.15, 0.2) is 4.34 Å². The number of amides is 2. The van der Waals surface area contributed by atoms with Gasteiger partial charge in [0.1, 0.15) is 0 Å². The number of sulfonamides is 1. The Balaban J connectivity index is 1.09. The van der Waals surface area contributed by atoms with Gasteiger partial charge in [-0.15, -0.1) is 10.2 Å². The van der Waals surface area contributed by atoms with Crippen molar-refractivity contribution in [3.8, 4) is 0 Å². The van der Waals surface area contributed by atoms with E-state index in [1.807, 2.05) is 0 Å². The summed E-state index contributed by atoms with van der Waals surface area (Å²) in [4.78, 5) is 24.8. The third-order valence-corrected chi connectivity index (χ3v) is 14.0. The summed E-state index contributed by atoms with van der Waals surface area (Å²) in [6.45, 7) is 7.31. The zero-order chi connectivity index (χ0) is 30.4. The van der Waals surface area contributed by atoms with E-state index < -0.39 is 15.9 Å². The Labute approximate surface area is 252 Å². The summed E-state index contributed by atoms with van der Waals surface area (Å²) in [7, 11) is -3.97. The summed E-state index contributed by atoms with van der Waals surface area (Å²) in [5, 5.41) is 39.2. The van der Waals surface area contributed by atoms with Gasteiger partial charge in [0.25, 0.3) is 10.0 Å². The van der Waals surface area contributed by atoms with E-state index in [1.165, 1.54) is 6.42 Å². The number of rotatable bonds is 9. The van der Waals surface area contributed by atoms with Gasteiger partial charge in [0.05, 0.1) is 12.2 Å². The fourth-order valence-electron chi connectivity index (χ4n) is 9.70. The molecule has 0 bridgehead atoms. The zero-order valence-corrected chi connectivity index (χ0v) is 26.6. The summed E-state index contributed by atoms with van der Waals surface area (Å²) in [5.74, 6) is 2.17. The van der Waals surface area contributed by atoms with Crippen LogP contribution in [0.2, 0.25) is 0 Å². The molecule has 4 aliphatic rings. The van der Waals surface area contributed by atoms with Crippen LogP contribution in [0.5, 0.6) is 0 Å². The molecule has 4 fully saturated rings. The van der Waals surface area contributed by atoms with Gasteiger partial charge in [0.2, 0.25) is 21.3 Å². The number of carbonyl (C=O) groups is 2. The monoisotopic (exact) mass is 625 g/mol. The Hall–Kier alpha value is -1.67. The van der Waals surface area contributed by atoms with Crippen molar-refractivity contribution in [1.82, 2.24) is 15.5 Å². The molecule has 4 aliphatic carbocycles. The second-order valence-corrected chi connectivity index (χ2v) is 16.7. The van der Waals surface area contributed by atoms with Crippen molar-refractivity contribution in [2.45, 2.75) is 108 Å². The maximum absolute atomic E-state index is 12.6. The summed E-state index contributed by atoms with van der Waals surface area (Å²) in [5.41, 5.74) is 0.385. The maximum Gasteiger partial charge on any atom is 0.267 e. The number of aromatic nitrogens is 2. The van der Waals surface area contributed by atoms with Gasteiger partial charge in [-0.1, -0.05) is 32.1 Å². The molecule has 5 rings (SSSR count). The highest BCUT2D eigenvalue weighted by atomic mass is 32.2. The fraction of sp³-hybridized carbons (Fsp3) is 0.862. The molecule has 0 aliphatic heterocycles. The van der Waals surface area contributed by atoms with Crippen molar-refractivity contribution in [1.29, 1.82) is 0 Å². The number of hydrogen-bond acceptors (Lipinski definition) is 9. The van der Waals surface area contributed by atoms with Crippen LogP contribution in [-0.4, -0.2) is 59.4 Å². The number of anilines is 1. The molecule has 1 aromatic heterocycles. The number of primary sulfonamides is 1. The van der Waals surface area contributed by atoms with Crippen molar-refractivity contribution < 1.29 is 28.2 Å². The van der Waals surface area contributed by atoms with Crippen LogP contribution in [0.4, 0.5) is 5.13 Å². The Morgan fingerprint density at radius 2 is 1.74 bits per heavy atom. The number of nitrogens with zero attached hydrogens (tertiary/aromatic N) is 2. The molecule has 0 radical (unpaired) electrons. The predicted octanol–water partition coefficient (Wildman–Crippen LogP) is 3.04. The smallest absolute Gasteiger partial charge is 0.267 e. The summed E-state index contributed by atoms with van der Waals surface area (Å²) in [6.07, 6.45) is 8.86. The van der Waals surface area contributed by atoms with Crippen LogP contribution in [0.3, 0.4) is 0 Å².